The van der Waals surface area contributed by atoms with Gasteiger partial charge in [0.1, 0.15) is 5.75 Å². The standard InChI is InChI=1S/C9H7NO3/c11-9-10-6-8(13-9)12-7-4-2-1-3-5-7/h1-6H,(H,10,11). The summed E-state index contributed by atoms with van der Waals surface area (Å²) in [5.74, 6) is 0.271. The van der Waals surface area contributed by atoms with E-state index >= 15 is 0 Å². The lowest BCUT2D eigenvalue weighted by molar-refractivity contribution is 0.333. The molecule has 4 nitrogen and oxygen atoms in total. The highest BCUT2D eigenvalue weighted by molar-refractivity contribution is 5.24. The number of hydrogen-bond acceptors (Lipinski definition) is 3. The molecule has 0 aliphatic carbocycles. The summed E-state index contributed by atoms with van der Waals surface area (Å²) in [6, 6.07) is 9.08. The number of oxazole rings is 1. The first-order valence-electron chi connectivity index (χ1n) is 3.76. The zero-order valence-corrected chi connectivity index (χ0v) is 6.69. The second-order valence-electron chi connectivity index (χ2n) is 2.41. The summed E-state index contributed by atoms with van der Waals surface area (Å²) in [7, 11) is 0. The molecule has 1 aromatic heterocycles. The highest BCUT2D eigenvalue weighted by Crippen LogP contribution is 2.17. The molecule has 0 bridgehead atoms. The van der Waals surface area contributed by atoms with Crippen molar-refractivity contribution in [3.05, 3.63) is 47.1 Å². The fourth-order valence-electron chi connectivity index (χ4n) is 0.923. The lowest BCUT2D eigenvalue weighted by atomic mass is 10.3. The molecule has 1 aromatic carbocycles. The van der Waals surface area contributed by atoms with Crippen molar-refractivity contribution in [3.8, 4) is 11.7 Å². The minimum Gasteiger partial charge on any atom is -0.425 e. The number of hydrogen-bond donors (Lipinski definition) is 1. The quantitative estimate of drug-likeness (QED) is 0.760. The monoisotopic (exact) mass is 177 g/mol. The van der Waals surface area contributed by atoms with Crippen LogP contribution in [-0.2, 0) is 0 Å². The zero-order valence-electron chi connectivity index (χ0n) is 6.69. The number of aromatic nitrogens is 1. The van der Waals surface area contributed by atoms with Crippen LogP contribution in [0, 0.1) is 0 Å². The minimum atomic E-state index is -0.522. The van der Waals surface area contributed by atoms with Gasteiger partial charge < -0.3 is 9.15 Å². The second-order valence-corrected chi connectivity index (χ2v) is 2.41. The molecule has 0 fully saturated rings. The van der Waals surface area contributed by atoms with Crippen molar-refractivity contribution in [1.29, 1.82) is 0 Å². The highest BCUT2D eigenvalue weighted by Gasteiger charge is 1.99. The van der Waals surface area contributed by atoms with Gasteiger partial charge in [-0.3, -0.25) is 4.98 Å². The van der Waals surface area contributed by atoms with Gasteiger partial charge in [0.15, 0.2) is 0 Å². The fourth-order valence-corrected chi connectivity index (χ4v) is 0.923. The molecule has 0 amide bonds. The Kier molecular flexibility index (Phi) is 1.88. The Balaban J connectivity index is 2.20. The van der Waals surface area contributed by atoms with E-state index in [2.05, 4.69) is 9.40 Å². The van der Waals surface area contributed by atoms with Gasteiger partial charge in [0, 0.05) is 0 Å². The lowest BCUT2D eigenvalue weighted by Gasteiger charge is -1.98. The van der Waals surface area contributed by atoms with Crippen molar-refractivity contribution in [1.82, 2.24) is 4.98 Å². The molecule has 0 spiro atoms. The van der Waals surface area contributed by atoms with Crippen molar-refractivity contribution < 1.29 is 9.15 Å². The summed E-state index contributed by atoms with van der Waals surface area (Å²) in [5.41, 5.74) is 0. The van der Waals surface area contributed by atoms with Gasteiger partial charge in [-0.15, -0.1) is 0 Å². The number of rotatable bonds is 2. The largest absolute Gasteiger partial charge is 0.425 e. The van der Waals surface area contributed by atoms with Gasteiger partial charge in [-0.2, -0.15) is 0 Å². The minimum absolute atomic E-state index is 0.163. The van der Waals surface area contributed by atoms with Crippen LogP contribution in [-0.4, -0.2) is 4.98 Å². The van der Waals surface area contributed by atoms with Crippen LogP contribution in [0.3, 0.4) is 0 Å². The van der Waals surface area contributed by atoms with E-state index in [4.69, 9.17) is 4.74 Å². The number of para-hydroxylation sites is 1. The smallest absolute Gasteiger partial charge is 0.419 e. The summed E-state index contributed by atoms with van der Waals surface area (Å²) in [5, 5.41) is 0. The van der Waals surface area contributed by atoms with E-state index in [-0.39, 0.29) is 5.95 Å². The molecular weight excluding hydrogens is 170 g/mol. The van der Waals surface area contributed by atoms with Gasteiger partial charge in [-0.25, -0.2) is 4.79 Å². The molecule has 0 aliphatic heterocycles. The average Bonchev–Trinajstić information content (AvgIpc) is 2.53. The summed E-state index contributed by atoms with van der Waals surface area (Å²) in [4.78, 5) is 12.9. The van der Waals surface area contributed by atoms with E-state index in [1.165, 1.54) is 6.20 Å². The Morgan fingerprint density at radius 3 is 2.62 bits per heavy atom. The van der Waals surface area contributed by atoms with Crippen LogP contribution in [0.4, 0.5) is 0 Å². The SMILES string of the molecule is O=c1[nH]cc(Oc2ccccc2)o1. The molecule has 0 radical (unpaired) electrons. The zero-order chi connectivity index (χ0) is 9.10. The highest BCUT2D eigenvalue weighted by atomic mass is 16.6. The molecule has 2 aromatic rings. The summed E-state index contributed by atoms with van der Waals surface area (Å²) >= 11 is 0. The molecule has 0 saturated heterocycles. The maximum absolute atomic E-state index is 10.6. The van der Waals surface area contributed by atoms with E-state index in [9.17, 15) is 4.79 Å². The maximum Gasteiger partial charge on any atom is 0.419 e. The molecule has 0 atom stereocenters. The Morgan fingerprint density at radius 2 is 2.00 bits per heavy atom. The van der Waals surface area contributed by atoms with Gasteiger partial charge in [0.05, 0.1) is 6.20 Å². The molecule has 1 heterocycles. The van der Waals surface area contributed by atoms with Crippen LogP contribution in [0.1, 0.15) is 0 Å². The van der Waals surface area contributed by atoms with E-state index in [1.807, 2.05) is 18.2 Å². The second kappa shape index (κ2) is 3.18. The van der Waals surface area contributed by atoms with Crippen molar-refractivity contribution >= 4 is 0 Å². The molecule has 0 aliphatic rings. The summed E-state index contributed by atoms with van der Waals surface area (Å²) in [6.45, 7) is 0. The van der Waals surface area contributed by atoms with Gasteiger partial charge in [0.25, 0.3) is 0 Å². The summed E-state index contributed by atoms with van der Waals surface area (Å²) < 4.78 is 9.86. The number of aromatic amines is 1. The van der Waals surface area contributed by atoms with Crippen LogP contribution >= 0.6 is 0 Å². The van der Waals surface area contributed by atoms with E-state index < -0.39 is 5.76 Å². The molecule has 2 rings (SSSR count). The molecule has 1 N–H and O–H groups in total. The Bertz CT molecular complexity index is 429. The average molecular weight is 177 g/mol. The fraction of sp³-hybridized carbons (Fsp3) is 0. The van der Waals surface area contributed by atoms with Gasteiger partial charge in [-0.05, 0) is 12.1 Å². The lowest BCUT2D eigenvalue weighted by Crippen LogP contribution is -1.92. The normalized spacial score (nSPS) is 9.85. The van der Waals surface area contributed by atoms with Crippen molar-refractivity contribution in [2.24, 2.45) is 0 Å². The van der Waals surface area contributed by atoms with Crippen LogP contribution in [0.5, 0.6) is 11.7 Å². The Morgan fingerprint density at radius 1 is 1.23 bits per heavy atom. The van der Waals surface area contributed by atoms with Crippen LogP contribution in [0.2, 0.25) is 0 Å². The predicted molar refractivity (Wildman–Crippen MR) is 45.8 cm³/mol. The van der Waals surface area contributed by atoms with Gasteiger partial charge in [0.2, 0.25) is 0 Å². The van der Waals surface area contributed by atoms with E-state index in [0.29, 0.717) is 5.75 Å². The number of ether oxygens (including phenoxy) is 1. The predicted octanol–water partition coefficient (Wildman–Crippen LogP) is 1.76. The Labute approximate surface area is 73.8 Å². The summed E-state index contributed by atoms with van der Waals surface area (Å²) in [6.07, 6.45) is 1.37. The van der Waals surface area contributed by atoms with Crippen LogP contribution in [0.25, 0.3) is 0 Å². The number of nitrogens with one attached hydrogen (secondary N) is 1. The first kappa shape index (κ1) is 7.67. The number of benzene rings is 1. The molecular formula is C9H7NO3. The molecule has 4 heteroatoms. The number of H-pyrrole nitrogens is 1. The topological polar surface area (TPSA) is 55.2 Å². The third kappa shape index (κ3) is 1.79. The van der Waals surface area contributed by atoms with E-state index in [1.54, 1.807) is 12.1 Å². The van der Waals surface area contributed by atoms with Gasteiger partial charge in [-0.1, -0.05) is 18.2 Å². The van der Waals surface area contributed by atoms with E-state index in [0.717, 1.165) is 0 Å². The molecule has 0 unspecified atom stereocenters. The van der Waals surface area contributed by atoms with Crippen LogP contribution < -0.4 is 10.5 Å². The molecule has 13 heavy (non-hydrogen) atoms. The maximum atomic E-state index is 10.6. The van der Waals surface area contributed by atoms with Crippen LogP contribution in [0.15, 0.2) is 45.7 Å². The van der Waals surface area contributed by atoms with Crippen molar-refractivity contribution in [2.75, 3.05) is 0 Å². The van der Waals surface area contributed by atoms with Crippen molar-refractivity contribution in [3.63, 3.8) is 0 Å². The Hall–Kier alpha value is -1.97. The first-order valence-corrected chi connectivity index (χ1v) is 3.76. The third-order valence-corrected chi connectivity index (χ3v) is 1.46. The third-order valence-electron chi connectivity index (χ3n) is 1.46. The van der Waals surface area contributed by atoms with Crippen molar-refractivity contribution in [2.45, 2.75) is 0 Å². The first-order chi connectivity index (χ1) is 6.34. The van der Waals surface area contributed by atoms with Gasteiger partial charge >= 0.3 is 11.7 Å². The molecule has 0 saturated carbocycles. The molecule has 66 valence electrons.